The minimum atomic E-state index is -0.892. The molecule has 0 atom stereocenters. The molecule has 0 heterocycles. The summed E-state index contributed by atoms with van der Waals surface area (Å²) in [5.74, 6) is 0. The monoisotopic (exact) mass is 248 g/mol. The summed E-state index contributed by atoms with van der Waals surface area (Å²) in [5.41, 5.74) is 0. The molecule has 14 heavy (non-hydrogen) atoms. The summed E-state index contributed by atoms with van der Waals surface area (Å²) < 4.78 is 0. The zero-order valence-corrected chi connectivity index (χ0v) is 14.1. The van der Waals surface area contributed by atoms with Crippen molar-refractivity contribution in [2.75, 3.05) is 6.23 Å². The zero-order chi connectivity index (χ0) is 11.2. The van der Waals surface area contributed by atoms with Gasteiger partial charge in [-0.05, 0) is 0 Å². The molecule has 0 rings (SSSR count). The van der Waals surface area contributed by atoms with E-state index in [0.29, 0.717) is 6.23 Å². The number of aliphatic hydroxyl groups is 1. The molecule has 4 heteroatoms. The summed E-state index contributed by atoms with van der Waals surface area (Å²) >= 11 is 0. The second kappa shape index (κ2) is 6.25. The van der Waals surface area contributed by atoms with Crippen LogP contribution in [0.1, 0.15) is 0 Å². The quantitative estimate of drug-likeness (QED) is 0.542. The minimum Gasteiger partial charge on any atom is -0.400 e. The lowest BCUT2D eigenvalue weighted by molar-refractivity contribution is 0.365. The lowest BCUT2D eigenvalue weighted by Crippen LogP contribution is -2.30. The molecule has 0 aliphatic carbocycles. The summed E-state index contributed by atoms with van der Waals surface area (Å²) in [6.07, 6.45) is 0.512. The maximum absolute atomic E-state index is 8.81. The van der Waals surface area contributed by atoms with Crippen LogP contribution in [0.25, 0.3) is 0 Å². The lowest BCUT2D eigenvalue weighted by Gasteiger charge is -2.26. The number of hydrogen-bond acceptors (Lipinski definition) is 1. The zero-order valence-electron chi connectivity index (χ0n) is 10.7. The topological polar surface area (TPSA) is 20.2 Å². The average Bonchev–Trinajstić information content (AvgIpc) is 2.00. The molecule has 0 saturated carbocycles. The molecule has 0 aliphatic heterocycles. The first kappa shape index (κ1) is 14.6. The van der Waals surface area contributed by atoms with Crippen molar-refractivity contribution in [2.24, 2.45) is 0 Å². The van der Waals surface area contributed by atoms with Crippen LogP contribution in [0.2, 0.25) is 56.9 Å². The Morgan fingerprint density at radius 2 is 1.50 bits per heavy atom. The van der Waals surface area contributed by atoms with E-state index in [1.807, 2.05) is 0 Å². The molecule has 86 valence electrons. The van der Waals surface area contributed by atoms with Crippen LogP contribution in [0.15, 0.2) is 0 Å². The summed E-state index contributed by atoms with van der Waals surface area (Å²) in [5, 5.41) is 8.81. The first-order chi connectivity index (χ1) is 6.27. The van der Waals surface area contributed by atoms with Crippen molar-refractivity contribution >= 4 is 25.7 Å². The lowest BCUT2D eigenvalue weighted by atomic mass is 10.9. The van der Waals surface area contributed by atoms with E-state index in [2.05, 4.69) is 32.7 Å². The minimum absolute atomic E-state index is 0.108. The first-order valence-corrected chi connectivity index (χ1v) is 15.0. The molecule has 1 N–H and O–H groups in total. The van der Waals surface area contributed by atoms with Crippen molar-refractivity contribution in [3.63, 3.8) is 0 Å². The van der Waals surface area contributed by atoms with Gasteiger partial charge in [0.2, 0.25) is 0 Å². The Morgan fingerprint density at radius 3 is 1.93 bits per heavy atom. The van der Waals surface area contributed by atoms with Crippen LogP contribution in [-0.2, 0) is 0 Å². The molecule has 0 radical (unpaired) electrons. The fourth-order valence-electron chi connectivity index (χ4n) is 1.55. The molecule has 0 saturated heterocycles. The first-order valence-electron chi connectivity index (χ1n) is 5.88. The van der Waals surface area contributed by atoms with E-state index < -0.39 is 16.1 Å². The van der Waals surface area contributed by atoms with E-state index in [9.17, 15) is 0 Å². The number of rotatable bonds is 7. The van der Waals surface area contributed by atoms with E-state index >= 15 is 0 Å². The van der Waals surface area contributed by atoms with Crippen molar-refractivity contribution < 1.29 is 5.11 Å². The Hall–Kier alpha value is 0.611. The van der Waals surface area contributed by atoms with Gasteiger partial charge >= 0.3 is 0 Å². The molecule has 1 nitrogen and oxygen atoms in total. The van der Waals surface area contributed by atoms with Gasteiger partial charge in [0.05, 0.1) is 9.52 Å². The highest BCUT2D eigenvalue weighted by Gasteiger charge is 2.23. The Kier molecular flexibility index (Phi) is 6.52. The third-order valence-corrected chi connectivity index (χ3v) is 10.3. The molecule has 0 amide bonds. The summed E-state index contributed by atoms with van der Waals surface area (Å²) in [7, 11) is -1.82. The molecular weight excluding hydrogens is 220 g/mol. The standard InChI is InChI=1S/C10H28OSi3/c1-13(2,3)8-9-14(4,5)7-6-12-10-11/h11H,6-10,12H2,1-5H3. The van der Waals surface area contributed by atoms with Crippen LogP contribution in [0.5, 0.6) is 0 Å². The molecule has 0 aromatic rings. The number of aliphatic hydroxyl groups excluding tert-OH is 1. The van der Waals surface area contributed by atoms with Gasteiger partial charge in [0.25, 0.3) is 0 Å². The van der Waals surface area contributed by atoms with Crippen LogP contribution in [-0.4, -0.2) is 37.0 Å². The molecule has 0 aliphatic rings. The van der Waals surface area contributed by atoms with Crippen molar-refractivity contribution in [3.8, 4) is 0 Å². The van der Waals surface area contributed by atoms with Crippen molar-refractivity contribution in [1.29, 1.82) is 0 Å². The molecule has 0 aromatic carbocycles. The van der Waals surface area contributed by atoms with E-state index in [-0.39, 0.29) is 9.52 Å². The summed E-state index contributed by atoms with van der Waals surface area (Å²) in [4.78, 5) is 0. The van der Waals surface area contributed by atoms with Gasteiger partial charge in [0.15, 0.2) is 0 Å². The number of hydrogen-bond donors (Lipinski definition) is 1. The normalized spacial score (nSPS) is 14.1. The fraction of sp³-hybridized carbons (Fsp3) is 1.00. The second-order valence-electron chi connectivity index (χ2n) is 6.41. The summed E-state index contributed by atoms with van der Waals surface area (Å²) in [6.45, 7) is 12.5. The third kappa shape index (κ3) is 9.18. The van der Waals surface area contributed by atoms with Gasteiger partial charge in [-0.2, -0.15) is 0 Å². The van der Waals surface area contributed by atoms with E-state index in [0.717, 1.165) is 0 Å². The maximum atomic E-state index is 8.81. The third-order valence-electron chi connectivity index (χ3n) is 2.81. The highest BCUT2D eigenvalue weighted by atomic mass is 28.3. The van der Waals surface area contributed by atoms with Gasteiger partial charge in [0, 0.05) is 22.4 Å². The predicted octanol–water partition coefficient (Wildman–Crippen LogP) is 2.57. The van der Waals surface area contributed by atoms with Crippen LogP contribution in [0.3, 0.4) is 0 Å². The second-order valence-corrected chi connectivity index (χ2v) is 19.2. The molecule has 0 fully saturated rings. The molecule has 0 aromatic heterocycles. The van der Waals surface area contributed by atoms with Gasteiger partial charge in [-0.1, -0.05) is 56.9 Å². The highest BCUT2D eigenvalue weighted by Crippen LogP contribution is 2.24. The van der Waals surface area contributed by atoms with Crippen molar-refractivity contribution in [3.05, 3.63) is 0 Å². The fourth-order valence-corrected chi connectivity index (χ4v) is 12.6. The van der Waals surface area contributed by atoms with Crippen LogP contribution < -0.4 is 0 Å². The smallest absolute Gasteiger partial charge is 0.0510 e. The molecular formula is C10H28OSi3. The van der Waals surface area contributed by atoms with Crippen LogP contribution in [0.4, 0.5) is 0 Å². The van der Waals surface area contributed by atoms with Gasteiger partial charge in [-0.15, -0.1) is 0 Å². The van der Waals surface area contributed by atoms with Gasteiger partial charge in [0.1, 0.15) is 0 Å². The van der Waals surface area contributed by atoms with Gasteiger partial charge in [-0.25, -0.2) is 0 Å². The maximum Gasteiger partial charge on any atom is 0.0510 e. The molecule has 0 bridgehead atoms. The van der Waals surface area contributed by atoms with E-state index in [1.165, 1.54) is 24.2 Å². The largest absolute Gasteiger partial charge is 0.400 e. The van der Waals surface area contributed by atoms with Crippen molar-refractivity contribution in [2.45, 2.75) is 56.9 Å². The Balaban J connectivity index is 3.72. The molecule has 0 unspecified atom stereocenters. The Bertz CT molecular complexity index is 152. The average molecular weight is 249 g/mol. The Labute approximate surface area is 94.2 Å². The Morgan fingerprint density at radius 1 is 0.929 bits per heavy atom. The van der Waals surface area contributed by atoms with Gasteiger partial charge in [-0.3, -0.25) is 0 Å². The molecule has 0 spiro atoms. The van der Waals surface area contributed by atoms with Crippen LogP contribution in [0, 0.1) is 0 Å². The van der Waals surface area contributed by atoms with Gasteiger partial charge < -0.3 is 5.11 Å². The highest BCUT2D eigenvalue weighted by molar-refractivity contribution is 6.82. The SMILES string of the molecule is C[Si](C)(C)CC[Si](C)(C)CC[SiH2]CO. The predicted molar refractivity (Wildman–Crippen MR) is 75.7 cm³/mol. The van der Waals surface area contributed by atoms with E-state index in [4.69, 9.17) is 5.11 Å². The van der Waals surface area contributed by atoms with E-state index in [1.54, 1.807) is 0 Å². The summed E-state index contributed by atoms with van der Waals surface area (Å²) in [6, 6.07) is 5.86. The van der Waals surface area contributed by atoms with Crippen LogP contribution >= 0.6 is 0 Å². The van der Waals surface area contributed by atoms with Crippen molar-refractivity contribution in [1.82, 2.24) is 0 Å².